The van der Waals surface area contributed by atoms with Crippen LogP contribution in [0.25, 0.3) is 0 Å². The smallest absolute Gasteiger partial charge is 0.00882 e. The molecule has 0 bridgehead atoms. The second-order valence-corrected chi connectivity index (χ2v) is 6.74. The van der Waals surface area contributed by atoms with Crippen LogP contribution >= 0.6 is 0 Å². The third kappa shape index (κ3) is 1.89. The summed E-state index contributed by atoms with van der Waals surface area (Å²) in [5.74, 6) is 0. The molecule has 2 saturated carbocycles. The van der Waals surface area contributed by atoms with Crippen LogP contribution in [-0.4, -0.2) is 13.6 Å². The summed E-state index contributed by atoms with van der Waals surface area (Å²) >= 11 is 0. The molecule has 0 saturated heterocycles. The maximum Gasteiger partial charge on any atom is 0.00882 e. The third-order valence-electron chi connectivity index (χ3n) is 5.27. The van der Waals surface area contributed by atoms with Crippen molar-refractivity contribution in [3.63, 3.8) is 0 Å². The second kappa shape index (κ2) is 4.38. The predicted molar refractivity (Wildman–Crippen MR) is 76.9 cm³/mol. The average Bonchev–Trinajstić information content (AvgIpc) is 2.78. The Labute approximate surface area is 111 Å². The first kappa shape index (κ1) is 12.2. The van der Waals surface area contributed by atoms with E-state index in [-0.39, 0.29) is 0 Å². The molecule has 0 heterocycles. The van der Waals surface area contributed by atoms with Gasteiger partial charge in [0.15, 0.2) is 0 Å². The Balaban J connectivity index is 1.83. The Morgan fingerprint density at radius 3 is 2.22 bits per heavy atom. The lowest BCUT2D eigenvalue weighted by Gasteiger charge is -2.56. The van der Waals surface area contributed by atoms with Gasteiger partial charge in [-0.05, 0) is 50.6 Å². The molecule has 0 radical (unpaired) electrons. The molecule has 2 fully saturated rings. The second-order valence-electron chi connectivity index (χ2n) is 6.74. The van der Waals surface area contributed by atoms with Crippen LogP contribution in [0, 0.1) is 12.3 Å². The van der Waals surface area contributed by atoms with Gasteiger partial charge in [-0.3, -0.25) is 0 Å². The standard InChI is InChI=1S/C17H25N/c1-14-5-7-15(8-6-14)17(13-18-2)11-16(12-17)9-3-4-10-16/h5-8,18H,3-4,9-13H2,1-2H3. The first-order chi connectivity index (χ1) is 8.68. The van der Waals surface area contributed by atoms with E-state index in [1.807, 2.05) is 0 Å². The molecule has 2 aliphatic rings. The monoisotopic (exact) mass is 243 g/mol. The van der Waals surface area contributed by atoms with Gasteiger partial charge >= 0.3 is 0 Å². The van der Waals surface area contributed by atoms with Crippen molar-refractivity contribution in [3.8, 4) is 0 Å². The molecule has 1 aromatic carbocycles. The highest BCUT2D eigenvalue weighted by Crippen LogP contribution is 2.62. The van der Waals surface area contributed by atoms with Gasteiger partial charge < -0.3 is 5.32 Å². The number of hydrogen-bond acceptors (Lipinski definition) is 1. The largest absolute Gasteiger partial charge is 0.319 e. The van der Waals surface area contributed by atoms with Crippen molar-refractivity contribution >= 4 is 0 Å². The van der Waals surface area contributed by atoms with E-state index in [9.17, 15) is 0 Å². The molecule has 2 aliphatic carbocycles. The quantitative estimate of drug-likeness (QED) is 0.851. The number of aryl methyl sites for hydroxylation is 1. The molecule has 18 heavy (non-hydrogen) atoms. The fourth-order valence-electron chi connectivity index (χ4n) is 4.54. The summed E-state index contributed by atoms with van der Waals surface area (Å²) in [5, 5.41) is 3.43. The van der Waals surface area contributed by atoms with Crippen LogP contribution in [0.1, 0.15) is 49.7 Å². The molecule has 1 aromatic rings. The minimum atomic E-state index is 0.423. The van der Waals surface area contributed by atoms with Crippen molar-refractivity contribution in [1.29, 1.82) is 0 Å². The van der Waals surface area contributed by atoms with Crippen LogP contribution in [-0.2, 0) is 5.41 Å². The van der Waals surface area contributed by atoms with E-state index in [2.05, 4.69) is 43.6 Å². The Morgan fingerprint density at radius 2 is 1.67 bits per heavy atom. The number of hydrogen-bond donors (Lipinski definition) is 1. The van der Waals surface area contributed by atoms with Gasteiger partial charge in [-0.1, -0.05) is 42.7 Å². The summed E-state index contributed by atoms with van der Waals surface area (Å²) < 4.78 is 0. The number of rotatable bonds is 3. The van der Waals surface area contributed by atoms with E-state index in [1.165, 1.54) is 44.1 Å². The lowest BCUT2D eigenvalue weighted by atomic mass is 9.49. The zero-order chi connectivity index (χ0) is 12.6. The predicted octanol–water partition coefficient (Wildman–Crippen LogP) is 3.81. The molecule has 3 rings (SSSR count). The molecular formula is C17H25N. The first-order valence-corrected chi connectivity index (χ1v) is 7.40. The average molecular weight is 243 g/mol. The third-order valence-corrected chi connectivity index (χ3v) is 5.27. The van der Waals surface area contributed by atoms with Crippen molar-refractivity contribution in [1.82, 2.24) is 5.32 Å². The molecule has 1 spiro atoms. The van der Waals surface area contributed by atoms with Gasteiger partial charge in [-0.15, -0.1) is 0 Å². The van der Waals surface area contributed by atoms with Crippen LogP contribution in [0.2, 0.25) is 0 Å². The molecule has 0 atom stereocenters. The Morgan fingerprint density at radius 1 is 1.06 bits per heavy atom. The maximum absolute atomic E-state index is 3.43. The summed E-state index contributed by atoms with van der Waals surface area (Å²) in [5.41, 5.74) is 4.06. The number of benzene rings is 1. The minimum absolute atomic E-state index is 0.423. The van der Waals surface area contributed by atoms with Crippen molar-refractivity contribution in [2.24, 2.45) is 5.41 Å². The van der Waals surface area contributed by atoms with Crippen molar-refractivity contribution in [2.75, 3.05) is 13.6 Å². The van der Waals surface area contributed by atoms with Gasteiger partial charge in [0.2, 0.25) is 0 Å². The minimum Gasteiger partial charge on any atom is -0.319 e. The summed E-state index contributed by atoms with van der Waals surface area (Å²) in [6.07, 6.45) is 8.69. The van der Waals surface area contributed by atoms with E-state index in [0.717, 1.165) is 6.54 Å². The van der Waals surface area contributed by atoms with Crippen molar-refractivity contribution < 1.29 is 0 Å². The van der Waals surface area contributed by atoms with Gasteiger partial charge in [-0.2, -0.15) is 0 Å². The van der Waals surface area contributed by atoms with Crippen LogP contribution in [0.4, 0.5) is 0 Å². The first-order valence-electron chi connectivity index (χ1n) is 7.40. The van der Waals surface area contributed by atoms with Crippen LogP contribution in [0.5, 0.6) is 0 Å². The van der Waals surface area contributed by atoms with E-state index >= 15 is 0 Å². The van der Waals surface area contributed by atoms with Crippen LogP contribution < -0.4 is 5.32 Å². The molecule has 1 N–H and O–H groups in total. The lowest BCUT2D eigenvalue weighted by molar-refractivity contribution is 0.0282. The topological polar surface area (TPSA) is 12.0 Å². The molecule has 1 heteroatoms. The fraction of sp³-hybridized carbons (Fsp3) is 0.647. The maximum atomic E-state index is 3.43. The summed E-state index contributed by atoms with van der Waals surface area (Å²) in [4.78, 5) is 0. The highest BCUT2D eigenvalue weighted by atomic mass is 14.8. The highest BCUT2D eigenvalue weighted by Gasteiger charge is 2.55. The molecule has 98 valence electrons. The van der Waals surface area contributed by atoms with E-state index in [4.69, 9.17) is 0 Å². The fourth-order valence-corrected chi connectivity index (χ4v) is 4.54. The van der Waals surface area contributed by atoms with Crippen molar-refractivity contribution in [2.45, 2.75) is 50.9 Å². The van der Waals surface area contributed by atoms with Gasteiger partial charge in [0.25, 0.3) is 0 Å². The van der Waals surface area contributed by atoms with Gasteiger partial charge in [0.05, 0.1) is 0 Å². The summed E-state index contributed by atoms with van der Waals surface area (Å²) in [6, 6.07) is 9.25. The zero-order valence-electron chi connectivity index (χ0n) is 11.8. The summed E-state index contributed by atoms with van der Waals surface area (Å²) in [7, 11) is 2.09. The van der Waals surface area contributed by atoms with Crippen LogP contribution in [0.15, 0.2) is 24.3 Å². The van der Waals surface area contributed by atoms with Crippen LogP contribution in [0.3, 0.4) is 0 Å². The van der Waals surface area contributed by atoms with E-state index in [0.29, 0.717) is 10.8 Å². The number of nitrogens with one attached hydrogen (secondary N) is 1. The molecule has 1 nitrogen and oxygen atoms in total. The Hall–Kier alpha value is -0.820. The summed E-state index contributed by atoms with van der Waals surface area (Å²) in [6.45, 7) is 3.31. The molecule has 0 aromatic heterocycles. The normalized spacial score (nSPS) is 24.1. The van der Waals surface area contributed by atoms with Gasteiger partial charge in [-0.25, -0.2) is 0 Å². The molecule has 0 unspecified atom stereocenters. The molecular weight excluding hydrogens is 218 g/mol. The van der Waals surface area contributed by atoms with Gasteiger partial charge in [0, 0.05) is 12.0 Å². The molecule has 0 amide bonds. The molecule has 0 aliphatic heterocycles. The van der Waals surface area contributed by atoms with Gasteiger partial charge in [0.1, 0.15) is 0 Å². The Kier molecular flexibility index (Phi) is 2.97. The van der Waals surface area contributed by atoms with E-state index in [1.54, 1.807) is 5.56 Å². The Bertz CT molecular complexity index is 404. The SMILES string of the molecule is CNCC1(c2ccc(C)cc2)CC2(CCCC2)C1. The zero-order valence-corrected chi connectivity index (χ0v) is 11.8. The number of likely N-dealkylation sites (N-methyl/N-ethyl adjacent to an activating group) is 1. The van der Waals surface area contributed by atoms with Crippen molar-refractivity contribution in [3.05, 3.63) is 35.4 Å². The van der Waals surface area contributed by atoms with E-state index < -0.39 is 0 Å². The lowest BCUT2D eigenvalue weighted by Crippen LogP contribution is -2.53. The highest BCUT2D eigenvalue weighted by molar-refractivity contribution is 5.34.